The zero-order valence-electron chi connectivity index (χ0n) is 8.25. The third-order valence-electron chi connectivity index (χ3n) is 1.93. The van der Waals surface area contributed by atoms with Crippen LogP contribution in [0.1, 0.15) is 18.1 Å². The number of rotatable bonds is 3. The molecule has 78 valence electrons. The van der Waals surface area contributed by atoms with Crippen LogP contribution in [0.3, 0.4) is 0 Å². The molecule has 0 saturated carbocycles. The van der Waals surface area contributed by atoms with Gasteiger partial charge >= 0.3 is 0 Å². The van der Waals surface area contributed by atoms with Gasteiger partial charge in [-0.1, -0.05) is 28.9 Å². The molecule has 0 N–H and O–H groups in total. The van der Waals surface area contributed by atoms with Gasteiger partial charge in [-0.25, -0.2) is 8.42 Å². The standard InChI is InChI=1S/C10H13BrO2S/c1-3-14(12,13)7-9-4-8(2)5-10(11)6-9/h4-6H,3,7H2,1-2H3. The van der Waals surface area contributed by atoms with Crippen molar-refractivity contribution in [2.45, 2.75) is 19.6 Å². The molecule has 0 aliphatic heterocycles. The summed E-state index contributed by atoms with van der Waals surface area (Å²) in [6.45, 7) is 3.62. The van der Waals surface area contributed by atoms with Crippen LogP contribution in [0.4, 0.5) is 0 Å². The summed E-state index contributed by atoms with van der Waals surface area (Å²) in [5.74, 6) is 0.322. The van der Waals surface area contributed by atoms with E-state index in [2.05, 4.69) is 15.9 Å². The molecule has 0 bridgehead atoms. The van der Waals surface area contributed by atoms with Crippen LogP contribution in [-0.4, -0.2) is 14.2 Å². The van der Waals surface area contributed by atoms with Crippen molar-refractivity contribution in [1.29, 1.82) is 0 Å². The first kappa shape index (κ1) is 11.7. The summed E-state index contributed by atoms with van der Waals surface area (Å²) in [7, 11) is -2.93. The lowest BCUT2D eigenvalue weighted by atomic mass is 10.2. The molecule has 0 aliphatic carbocycles. The molecular formula is C10H13BrO2S. The average molecular weight is 277 g/mol. The number of benzene rings is 1. The Morgan fingerprint density at radius 2 is 1.93 bits per heavy atom. The van der Waals surface area contributed by atoms with Crippen molar-refractivity contribution in [2.24, 2.45) is 0 Å². The fourth-order valence-electron chi connectivity index (χ4n) is 1.25. The first-order valence-electron chi connectivity index (χ1n) is 4.39. The molecule has 14 heavy (non-hydrogen) atoms. The van der Waals surface area contributed by atoms with Gasteiger partial charge in [-0.15, -0.1) is 0 Å². The van der Waals surface area contributed by atoms with Gasteiger partial charge in [0.05, 0.1) is 5.75 Å². The van der Waals surface area contributed by atoms with Crippen LogP contribution >= 0.6 is 15.9 Å². The molecule has 0 aromatic heterocycles. The van der Waals surface area contributed by atoms with Gasteiger partial charge in [-0.05, 0) is 30.2 Å². The van der Waals surface area contributed by atoms with Crippen molar-refractivity contribution in [3.8, 4) is 0 Å². The van der Waals surface area contributed by atoms with Crippen LogP contribution in [0, 0.1) is 6.92 Å². The Morgan fingerprint density at radius 3 is 2.43 bits per heavy atom. The third-order valence-corrected chi connectivity index (χ3v) is 4.04. The van der Waals surface area contributed by atoms with Crippen molar-refractivity contribution < 1.29 is 8.42 Å². The highest BCUT2D eigenvalue weighted by Gasteiger charge is 2.09. The molecule has 1 aromatic rings. The summed E-state index contributed by atoms with van der Waals surface area (Å²) < 4.78 is 23.7. The van der Waals surface area contributed by atoms with Gasteiger partial charge in [-0.3, -0.25) is 0 Å². The van der Waals surface area contributed by atoms with Gasteiger partial charge in [0.15, 0.2) is 9.84 Å². The maximum atomic E-state index is 11.4. The summed E-state index contributed by atoms with van der Waals surface area (Å²) in [6, 6.07) is 5.71. The van der Waals surface area contributed by atoms with E-state index in [0.29, 0.717) is 0 Å². The number of sulfone groups is 1. The molecule has 1 rings (SSSR count). The summed E-state index contributed by atoms with van der Waals surface area (Å²) in [5, 5.41) is 0. The lowest BCUT2D eigenvalue weighted by molar-refractivity contribution is 0.596. The summed E-state index contributed by atoms with van der Waals surface area (Å²) in [4.78, 5) is 0. The van der Waals surface area contributed by atoms with E-state index in [1.807, 2.05) is 25.1 Å². The van der Waals surface area contributed by atoms with Gasteiger partial charge in [0.1, 0.15) is 0 Å². The molecule has 0 radical (unpaired) electrons. The largest absolute Gasteiger partial charge is 0.229 e. The van der Waals surface area contributed by atoms with E-state index in [-0.39, 0.29) is 11.5 Å². The van der Waals surface area contributed by atoms with Gasteiger partial charge in [0.2, 0.25) is 0 Å². The number of aryl methyl sites for hydroxylation is 1. The van der Waals surface area contributed by atoms with Gasteiger partial charge in [0, 0.05) is 10.2 Å². The quantitative estimate of drug-likeness (QED) is 0.851. The van der Waals surface area contributed by atoms with E-state index in [1.165, 1.54) is 0 Å². The molecule has 0 aliphatic rings. The van der Waals surface area contributed by atoms with Gasteiger partial charge in [0.25, 0.3) is 0 Å². The van der Waals surface area contributed by atoms with Crippen LogP contribution in [0.5, 0.6) is 0 Å². The number of halogens is 1. The second-order valence-electron chi connectivity index (χ2n) is 3.31. The second-order valence-corrected chi connectivity index (χ2v) is 6.58. The molecule has 1 aromatic carbocycles. The predicted molar refractivity (Wildman–Crippen MR) is 62.0 cm³/mol. The van der Waals surface area contributed by atoms with Crippen LogP contribution in [0.2, 0.25) is 0 Å². The highest BCUT2D eigenvalue weighted by Crippen LogP contribution is 2.17. The summed E-state index contributed by atoms with van der Waals surface area (Å²) >= 11 is 3.35. The Bertz CT molecular complexity index is 403. The van der Waals surface area contributed by atoms with E-state index >= 15 is 0 Å². The Labute approximate surface area is 93.4 Å². The number of hydrogen-bond acceptors (Lipinski definition) is 2. The highest BCUT2D eigenvalue weighted by molar-refractivity contribution is 9.10. The molecule has 2 nitrogen and oxygen atoms in total. The number of hydrogen-bond donors (Lipinski definition) is 0. The van der Waals surface area contributed by atoms with Crippen molar-refractivity contribution in [3.05, 3.63) is 33.8 Å². The predicted octanol–water partition coefficient (Wildman–Crippen LogP) is 2.69. The molecule has 0 spiro atoms. The van der Waals surface area contributed by atoms with Crippen molar-refractivity contribution in [3.63, 3.8) is 0 Å². The topological polar surface area (TPSA) is 34.1 Å². The lowest BCUT2D eigenvalue weighted by Crippen LogP contribution is -2.06. The third kappa shape index (κ3) is 3.42. The van der Waals surface area contributed by atoms with Gasteiger partial charge in [-0.2, -0.15) is 0 Å². The normalized spacial score (nSPS) is 11.6. The van der Waals surface area contributed by atoms with E-state index in [0.717, 1.165) is 15.6 Å². The molecule has 0 amide bonds. The Morgan fingerprint density at radius 1 is 1.29 bits per heavy atom. The van der Waals surface area contributed by atoms with Crippen LogP contribution in [-0.2, 0) is 15.6 Å². The minimum absolute atomic E-state index is 0.129. The summed E-state index contributed by atoms with van der Waals surface area (Å²) in [6.07, 6.45) is 0. The fraction of sp³-hybridized carbons (Fsp3) is 0.400. The Balaban J connectivity index is 2.98. The Hall–Kier alpha value is -0.350. The van der Waals surface area contributed by atoms with E-state index in [9.17, 15) is 8.42 Å². The molecule has 0 heterocycles. The highest BCUT2D eigenvalue weighted by atomic mass is 79.9. The van der Waals surface area contributed by atoms with E-state index < -0.39 is 9.84 Å². The molecule has 0 unspecified atom stereocenters. The smallest absolute Gasteiger partial charge is 0.154 e. The molecule has 0 saturated heterocycles. The average Bonchev–Trinajstić information content (AvgIpc) is 2.01. The second kappa shape index (κ2) is 4.45. The van der Waals surface area contributed by atoms with Crippen molar-refractivity contribution in [2.75, 3.05) is 5.75 Å². The zero-order chi connectivity index (χ0) is 10.8. The molecular weight excluding hydrogens is 264 g/mol. The SMILES string of the molecule is CCS(=O)(=O)Cc1cc(C)cc(Br)c1. The zero-order valence-corrected chi connectivity index (χ0v) is 10.7. The molecule has 4 heteroatoms. The van der Waals surface area contributed by atoms with Crippen LogP contribution in [0.15, 0.2) is 22.7 Å². The maximum absolute atomic E-state index is 11.4. The van der Waals surface area contributed by atoms with Crippen molar-refractivity contribution in [1.82, 2.24) is 0 Å². The van der Waals surface area contributed by atoms with E-state index in [1.54, 1.807) is 6.92 Å². The Kier molecular flexibility index (Phi) is 3.72. The van der Waals surface area contributed by atoms with Crippen LogP contribution < -0.4 is 0 Å². The molecule has 0 fully saturated rings. The maximum Gasteiger partial charge on any atom is 0.154 e. The minimum atomic E-state index is -2.93. The lowest BCUT2D eigenvalue weighted by Gasteiger charge is -2.04. The van der Waals surface area contributed by atoms with E-state index in [4.69, 9.17) is 0 Å². The fourth-order valence-corrected chi connectivity index (χ4v) is 2.79. The van der Waals surface area contributed by atoms with Crippen molar-refractivity contribution >= 4 is 25.8 Å². The van der Waals surface area contributed by atoms with Crippen LogP contribution in [0.25, 0.3) is 0 Å². The first-order valence-corrected chi connectivity index (χ1v) is 7.01. The first-order chi connectivity index (χ1) is 6.43. The minimum Gasteiger partial charge on any atom is -0.229 e. The molecule has 0 atom stereocenters. The monoisotopic (exact) mass is 276 g/mol. The summed E-state index contributed by atoms with van der Waals surface area (Å²) in [5.41, 5.74) is 1.92. The van der Waals surface area contributed by atoms with Gasteiger partial charge < -0.3 is 0 Å².